The van der Waals surface area contributed by atoms with Gasteiger partial charge in [0.2, 0.25) is 0 Å². The molecule has 0 fully saturated rings. The molecule has 1 nitrogen and oxygen atoms in total. The van der Waals surface area contributed by atoms with Crippen LogP contribution in [-0.4, -0.2) is 12.2 Å². The first kappa shape index (κ1) is 19.1. The molecule has 0 aliphatic rings. The van der Waals surface area contributed by atoms with Crippen molar-refractivity contribution >= 4 is 0 Å². The highest BCUT2D eigenvalue weighted by Gasteiger charge is 2.29. The number of rotatable bonds is 10. The molecule has 0 aromatic carbocycles. The quantitative estimate of drug-likeness (QED) is 0.400. The van der Waals surface area contributed by atoms with Gasteiger partial charge in [0.15, 0.2) is 0 Å². The molecule has 0 radical (unpaired) electrons. The van der Waals surface area contributed by atoms with Crippen LogP contribution in [0.4, 0.5) is 13.2 Å². The molecule has 0 amide bonds. The molecule has 0 heterocycles. The predicted octanol–water partition coefficient (Wildman–Crippen LogP) is 5.74. The van der Waals surface area contributed by atoms with Crippen LogP contribution in [-0.2, 0) is 0 Å². The average molecular weight is 291 g/mol. The van der Waals surface area contributed by atoms with Crippen molar-refractivity contribution in [2.45, 2.75) is 77.9 Å². The van der Waals surface area contributed by atoms with E-state index in [1.165, 1.54) is 25.3 Å². The Hall–Kier alpha value is -0.930. The number of halogens is 3. The fourth-order valence-electron chi connectivity index (χ4n) is 1.96. The lowest BCUT2D eigenvalue weighted by Gasteiger charge is -2.19. The summed E-state index contributed by atoms with van der Waals surface area (Å²) >= 11 is 0. The predicted molar refractivity (Wildman–Crippen MR) is 79.5 cm³/mol. The summed E-state index contributed by atoms with van der Waals surface area (Å²) in [7, 11) is 0. The SMILES string of the molecule is C=C(CC/C=C(\C)C(F)(F)F)NC(CC)CCCCC. The first-order valence-corrected chi connectivity index (χ1v) is 7.49. The number of allylic oxidation sites excluding steroid dienone is 3. The molecule has 0 saturated carbocycles. The third kappa shape index (κ3) is 9.05. The molecule has 0 spiro atoms. The highest BCUT2D eigenvalue weighted by molar-refractivity contribution is 5.06. The van der Waals surface area contributed by atoms with E-state index in [9.17, 15) is 13.2 Å². The highest BCUT2D eigenvalue weighted by Crippen LogP contribution is 2.25. The van der Waals surface area contributed by atoms with E-state index < -0.39 is 11.7 Å². The largest absolute Gasteiger partial charge is 0.412 e. The molecule has 0 bridgehead atoms. The summed E-state index contributed by atoms with van der Waals surface area (Å²) in [6.45, 7) is 9.30. The lowest BCUT2D eigenvalue weighted by Crippen LogP contribution is -2.27. The van der Waals surface area contributed by atoms with Crippen molar-refractivity contribution in [1.82, 2.24) is 5.32 Å². The van der Waals surface area contributed by atoms with Gasteiger partial charge in [0.05, 0.1) is 0 Å². The van der Waals surface area contributed by atoms with Crippen LogP contribution in [0.15, 0.2) is 23.9 Å². The third-order valence-electron chi connectivity index (χ3n) is 3.40. The van der Waals surface area contributed by atoms with Gasteiger partial charge in [-0.1, -0.05) is 45.8 Å². The Morgan fingerprint density at radius 3 is 2.40 bits per heavy atom. The number of hydrogen-bond donors (Lipinski definition) is 1. The summed E-state index contributed by atoms with van der Waals surface area (Å²) in [5.41, 5.74) is 0.305. The number of alkyl halides is 3. The van der Waals surface area contributed by atoms with Crippen LogP contribution >= 0.6 is 0 Å². The minimum Gasteiger partial charge on any atom is -0.386 e. The normalized spacial score (nSPS) is 14.2. The second-order valence-electron chi connectivity index (χ2n) is 5.27. The van der Waals surface area contributed by atoms with Crippen LogP contribution in [0.2, 0.25) is 0 Å². The van der Waals surface area contributed by atoms with E-state index in [1.807, 2.05) is 0 Å². The second-order valence-corrected chi connectivity index (χ2v) is 5.27. The number of hydrogen-bond acceptors (Lipinski definition) is 1. The molecule has 0 saturated heterocycles. The fraction of sp³-hybridized carbons (Fsp3) is 0.750. The summed E-state index contributed by atoms with van der Waals surface area (Å²) in [6.07, 6.45) is 3.67. The Kier molecular flexibility index (Phi) is 9.43. The van der Waals surface area contributed by atoms with Crippen molar-refractivity contribution in [3.8, 4) is 0 Å². The zero-order valence-electron chi connectivity index (χ0n) is 12.9. The standard InChI is InChI=1S/C16H28F3N/c1-5-7-8-12-15(6-2)20-14(4)11-9-10-13(3)16(17,18)19/h10,15,20H,4-9,11-12H2,1-3H3/b13-10+. The van der Waals surface area contributed by atoms with Crippen molar-refractivity contribution in [2.24, 2.45) is 0 Å². The van der Waals surface area contributed by atoms with Gasteiger partial charge in [-0.2, -0.15) is 13.2 Å². The fourth-order valence-corrected chi connectivity index (χ4v) is 1.96. The van der Waals surface area contributed by atoms with E-state index in [1.54, 1.807) is 0 Å². The van der Waals surface area contributed by atoms with Gasteiger partial charge >= 0.3 is 6.18 Å². The van der Waals surface area contributed by atoms with Gasteiger partial charge in [0.1, 0.15) is 0 Å². The Morgan fingerprint density at radius 1 is 1.25 bits per heavy atom. The van der Waals surface area contributed by atoms with E-state index in [2.05, 4.69) is 25.7 Å². The van der Waals surface area contributed by atoms with E-state index >= 15 is 0 Å². The molecular formula is C16H28F3N. The third-order valence-corrected chi connectivity index (χ3v) is 3.40. The molecule has 1 N–H and O–H groups in total. The monoisotopic (exact) mass is 291 g/mol. The zero-order chi connectivity index (χ0) is 15.6. The van der Waals surface area contributed by atoms with Crippen LogP contribution in [0.3, 0.4) is 0 Å². The van der Waals surface area contributed by atoms with E-state index in [0.29, 0.717) is 18.9 Å². The van der Waals surface area contributed by atoms with Crippen LogP contribution in [0, 0.1) is 0 Å². The van der Waals surface area contributed by atoms with Crippen molar-refractivity contribution < 1.29 is 13.2 Å². The second kappa shape index (κ2) is 9.89. The van der Waals surface area contributed by atoms with Crippen molar-refractivity contribution in [1.29, 1.82) is 0 Å². The summed E-state index contributed by atoms with van der Waals surface area (Å²) in [4.78, 5) is 0. The van der Waals surface area contributed by atoms with Gasteiger partial charge in [-0.15, -0.1) is 0 Å². The maximum atomic E-state index is 12.3. The molecule has 0 aliphatic heterocycles. The number of nitrogens with one attached hydrogen (secondary N) is 1. The van der Waals surface area contributed by atoms with Gasteiger partial charge in [0.25, 0.3) is 0 Å². The van der Waals surface area contributed by atoms with Gasteiger partial charge in [0, 0.05) is 17.3 Å². The minimum absolute atomic E-state index is 0.378. The van der Waals surface area contributed by atoms with Gasteiger partial charge in [-0.3, -0.25) is 0 Å². The van der Waals surface area contributed by atoms with Gasteiger partial charge in [-0.05, 0) is 32.6 Å². The molecule has 0 aromatic rings. The lowest BCUT2D eigenvalue weighted by atomic mass is 10.1. The van der Waals surface area contributed by atoms with Crippen molar-refractivity contribution in [3.63, 3.8) is 0 Å². The summed E-state index contributed by atoms with van der Waals surface area (Å²) in [6, 6.07) is 0.391. The minimum atomic E-state index is -4.21. The molecular weight excluding hydrogens is 263 g/mol. The van der Waals surface area contributed by atoms with Gasteiger partial charge in [-0.25, -0.2) is 0 Å². The molecule has 0 rings (SSSR count). The van der Waals surface area contributed by atoms with E-state index in [-0.39, 0.29) is 0 Å². The maximum Gasteiger partial charge on any atom is 0.412 e. The molecule has 1 atom stereocenters. The lowest BCUT2D eigenvalue weighted by molar-refractivity contribution is -0.0915. The van der Waals surface area contributed by atoms with Crippen molar-refractivity contribution in [2.75, 3.05) is 0 Å². The van der Waals surface area contributed by atoms with Crippen LogP contribution in [0.25, 0.3) is 0 Å². The van der Waals surface area contributed by atoms with Crippen LogP contribution < -0.4 is 5.32 Å². The van der Waals surface area contributed by atoms with Gasteiger partial charge < -0.3 is 5.32 Å². The Balaban J connectivity index is 4.03. The van der Waals surface area contributed by atoms with E-state index in [0.717, 1.165) is 25.5 Å². The Morgan fingerprint density at radius 2 is 1.90 bits per heavy atom. The molecule has 4 heteroatoms. The summed E-state index contributed by atoms with van der Waals surface area (Å²) in [5.74, 6) is 0. The zero-order valence-corrected chi connectivity index (χ0v) is 12.9. The molecule has 1 unspecified atom stereocenters. The first-order valence-electron chi connectivity index (χ1n) is 7.49. The molecule has 0 aliphatic carbocycles. The highest BCUT2D eigenvalue weighted by atomic mass is 19.4. The van der Waals surface area contributed by atoms with Crippen LogP contribution in [0.5, 0.6) is 0 Å². The maximum absolute atomic E-state index is 12.3. The molecule has 0 aromatic heterocycles. The number of unbranched alkanes of at least 4 members (excludes halogenated alkanes) is 2. The van der Waals surface area contributed by atoms with E-state index in [4.69, 9.17) is 0 Å². The topological polar surface area (TPSA) is 12.0 Å². The van der Waals surface area contributed by atoms with Crippen LogP contribution in [0.1, 0.15) is 65.7 Å². The Labute approximate surface area is 121 Å². The Bertz CT molecular complexity index is 305. The molecule has 118 valence electrons. The summed E-state index contributed by atoms with van der Waals surface area (Å²) in [5, 5.41) is 3.33. The first-order chi connectivity index (χ1) is 9.31. The summed E-state index contributed by atoms with van der Waals surface area (Å²) < 4.78 is 36.9. The average Bonchev–Trinajstić information content (AvgIpc) is 2.36. The smallest absolute Gasteiger partial charge is 0.386 e. The molecule has 20 heavy (non-hydrogen) atoms. The van der Waals surface area contributed by atoms with Crippen molar-refractivity contribution in [3.05, 3.63) is 23.9 Å².